The monoisotopic (exact) mass is 747 g/mol. The highest BCUT2D eigenvalue weighted by atomic mass is 32.1. The van der Waals surface area contributed by atoms with Crippen LogP contribution in [0.3, 0.4) is 0 Å². The van der Waals surface area contributed by atoms with Crippen LogP contribution in [0.15, 0.2) is 176 Å². The van der Waals surface area contributed by atoms with Crippen molar-refractivity contribution in [3.8, 4) is 79.5 Å². The second kappa shape index (κ2) is 14.5. The third-order valence-electron chi connectivity index (χ3n) is 9.84. The highest BCUT2D eigenvalue weighted by Gasteiger charge is 2.18. The number of nitrogens with zero attached hydrogens (tertiary/aromatic N) is 7. The van der Waals surface area contributed by atoms with Gasteiger partial charge in [-0.2, -0.15) is 0 Å². The summed E-state index contributed by atoms with van der Waals surface area (Å²) < 4.78 is 2.20. The van der Waals surface area contributed by atoms with Crippen LogP contribution in [0.1, 0.15) is 0 Å². The molecule has 266 valence electrons. The Kier molecular flexibility index (Phi) is 8.60. The first-order valence-corrected chi connectivity index (χ1v) is 19.2. The molecule has 0 aliphatic rings. The van der Waals surface area contributed by atoms with Gasteiger partial charge in [0.25, 0.3) is 0 Å². The number of rotatable bonds is 7. The molecule has 0 amide bonds. The predicted octanol–water partition coefficient (Wildman–Crippen LogP) is 12.6. The number of benzene rings is 7. The van der Waals surface area contributed by atoms with Gasteiger partial charge in [0.2, 0.25) is 0 Å². The fraction of sp³-hybridized carbons (Fsp3) is 0. The number of thiophene rings is 1. The van der Waals surface area contributed by atoms with Crippen molar-refractivity contribution in [1.29, 1.82) is 0 Å². The van der Waals surface area contributed by atoms with Gasteiger partial charge in [-0.15, -0.1) is 11.3 Å². The number of hydrogen-bond donors (Lipinski definition) is 0. The summed E-state index contributed by atoms with van der Waals surface area (Å²) in [5.74, 6) is 3.67. The highest BCUT2D eigenvalue weighted by molar-refractivity contribution is 7.26. The molecule has 0 saturated carbocycles. The van der Waals surface area contributed by atoms with Crippen molar-refractivity contribution in [2.75, 3.05) is 0 Å². The smallest absolute Gasteiger partial charge is 0.187 e. The number of aromatic nitrogens is 6. The molecule has 7 aromatic carbocycles. The van der Waals surface area contributed by atoms with E-state index in [-0.39, 0.29) is 0 Å². The van der Waals surface area contributed by atoms with Crippen LogP contribution in [0.2, 0.25) is 0 Å². The SMILES string of the molecule is [C-]#[N+]c1ccc(-c2ccc(-c3nc(-c4ccccc4)nc(-c4ccc5c(c4)sc4c(-c6nc(-c7ccccc7)nc(-c7ccccc7)n6)cccc45)n3)cc2)cc1. The molecule has 3 aromatic heterocycles. The zero-order valence-electron chi connectivity index (χ0n) is 30.3. The van der Waals surface area contributed by atoms with E-state index in [1.54, 1.807) is 11.3 Å². The molecule has 0 bridgehead atoms. The average Bonchev–Trinajstić information content (AvgIpc) is 3.68. The van der Waals surface area contributed by atoms with Gasteiger partial charge in [0, 0.05) is 53.6 Å². The fourth-order valence-corrected chi connectivity index (χ4v) is 8.18. The lowest BCUT2D eigenvalue weighted by Gasteiger charge is -2.09. The van der Waals surface area contributed by atoms with Gasteiger partial charge >= 0.3 is 0 Å². The van der Waals surface area contributed by atoms with Crippen molar-refractivity contribution in [3.05, 3.63) is 187 Å². The molecule has 10 aromatic rings. The standard InChI is InChI=1S/C49H29N7S/c1-50-38-27-24-32(25-28-38)31-20-22-36(23-21-31)47-51-44(33-12-5-2-6-13-33)53-48(54-47)37-26-29-39-40-18-11-19-41(43(40)57-42(39)30-37)49-55-45(34-14-7-3-8-15-34)52-46(56-49)35-16-9-4-10-17-35/h2-30H. The molecule has 0 atom stereocenters. The summed E-state index contributed by atoms with van der Waals surface area (Å²) in [6, 6.07) is 58.7. The summed E-state index contributed by atoms with van der Waals surface area (Å²) in [5.41, 5.74) is 8.21. The van der Waals surface area contributed by atoms with Crippen LogP contribution in [-0.4, -0.2) is 29.9 Å². The van der Waals surface area contributed by atoms with Gasteiger partial charge in [0.15, 0.2) is 40.6 Å². The van der Waals surface area contributed by atoms with Gasteiger partial charge in [-0.3, -0.25) is 0 Å². The molecule has 57 heavy (non-hydrogen) atoms. The van der Waals surface area contributed by atoms with Crippen molar-refractivity contribution >= 4 is 37.2 Å². The third-order valence-corrected chi connectivity index (χ3v) is 11.0. The maximum Gasteiger partial charge on any atom is 0.187 e. The molecule has 10 rings (SSSR count). The second-order valence-corrected chi connectivity index (χ2v) is 14.5. The summed E-state index contributed by atoms with van der Waals surface area (Å²) in [7, 11) is 0. The maximum atomic E-state index is 7.27. The largest absolute Gasteiger partial charge is 0.238 e. The van der Waals surface area contributed by atoms with E-state index >= 15 is 0 Å². The topological polar surface area (TPSA) is 81.7 Å². The Labute approximate surface area is 332 Å². The van der Waals surface area contributed by atoms with Crippen LogP contribution in [0.25, 0.3) is 104 Å². The van der Waals surface area contributed by atoms with Gasteiger partial charge in [0.1, 0.15) is 0 Å². The molecular weight excluding hydrogens is 719 g/mol. The van der Waals surface area contributed by atoms with Crippen LogP contribution < -0.4 is 0 Å². The Morgan fingerprint density at radius 3 is 1.28 bits per heavy atom. The van der Waals surface area contributed by atoms with Gasteiger partial charge in [-0.05, 0) is 23.3 Å². The van der Waals surface area contributed by atoms with Crippen molar-refractivity contribution < 1.29 is 0 Å². The van der Waals surface area contributed by atoms with E-state index in [2.05, 4.69) is 53.4 Å². The van der Waals surface area contributed by atoms with E-state index in [1.807, 2.05) is 127 Å². The van der Waals surface area contributed by atoms with Crippen molar-refractivity contribution in [2.24, 2.45) is 0 Å². The van der Waals surface area contributed by atoms with E-state index in [0.29, 0.717) is 40.6 Å². The van der Waals surface area contributed by atoms with Gasteiger partial charge in [0.05, 0.1) is 6.57 Å². The molecule has 0 radical (unpaired) electrons. The quantitative estimate of drug-likeness (QED) is 0.151. The first-order valence-electron chi connectivity index (χ1n) is 18.4. The third kappa shape index (κ3) is 6.59. The van der Waals surface area contributed by atoms with Gasteiger partial charge in [-0.1, -0.05) is 164 Å². The molecule has 0 fully saturated rings. The van der Waals surface area contributed by atoms with E-state index < -0.39 is 0 Å². The molecule has 0 saturated heterocycles. The zero-order chi connectivity index (χ0) is 38.1. The van der Waals surface area contributed by atoms with Gasteiger partial charge in [-0.25, -0.2) is 34.7 Å². The normalized spacial score (nSPS) is 11.1. The van der Waals surface area contributed by atoms with Crippen molar-refractivity contribution in [3.63, 3.8) is 0 Å². The molecule has 3 heterocycles. The molecular formula is C49H29N7S. The maximum absolute atomic E-state index is 7.27. The fourth-order valence-electron chi connectivity index (χ4n) is 6.93. The predicted molar refractivity (Wildman–Crippen MR) is 230 cm³/mol. The van der Waals surface area contributed by atoms with Crippen LogP contribution in [0.5, 0.6) is 0 Å². The Bertz CT molecular complexity index is 3050. The second-order valence-electron chi connectivity index (χ2n) is 13.4. The highest BCUT2D eigenvalue weighted by Crippen LogP contribution is 2.41. The molecule has 0 aliphatic carbocycles. The Hall–Kier alpha value is -7.73. The summed E-state index contributed by atoms with van der Waals surface area (Å²) in [6.45, 7) is 7.27. The van der Waals surface area contributed by atoms with E-state index in [0.717, 1.165) is 64.7 Å². The van der Waals surface area contributed by atoms with Crippen LogP contribution in [0.4, 0.5) is 5.69 Å². The minimum Gasteiger partial charge on any atom is -0.238 e. The number of fused-ring (bicyclic) bond motifs is 3. The van der Waals surface area contributed by atoms with Crippen LogP contribution >= 0.6 is 11.3 Å². The molecule has 0 aliphatic heterocycles. The summed E-state index contributed by atoms with van der Waals surface area (Å²) in [6.07, 6.45) is 0. The summed E-state index contributed by atoms with van der Waals surface area (Å²) in [4.78, 5) is 33.5. The van der Waals surface area contributed by atoms with E-state index in [9.17, 15) is 0 Å². The van der Waals surface area contributed by atoms with Gasteiger partial charge < -0.3 is 0 Å². The minimum absolute atomic E-state index is 0.589. The lowest BCUT2D eigenvalue weighted by atomic mass is 10.0. The van der Waals surface area contributed by atoms with Crippen LogP contribution in [-0.2, 0) is 0 Å². The molecule has 0 N–H and O–H groups in total. The lowest BCUT2D eigenvalue weighted by molar-refractivity contribution is 1.07. The Morgan fingerprint density at radius 1 is 0.351 bits per heavy atom. The molecule has 8 heteroatoms. The molecule has 0 unspecified atom stereocenters. The average molecular weight is 748 g/mol. The lowest BCUT2D eigenvalue weighted by Crippen LogP contribution is -2.00. The summed E-state index contributed by atoms with van der Waals surface area (Å²) in [5, 5.41) is 2.27. The first-order chi connectivity index (χ1) is 28.2. The van der Waals surface area contributed by atoms with Crippen molar-refractivity contribution in [2.45, 2.75) is 0 Å². The Morgan fingerprint density at radius 2 is 0.772 bits per heavy atom. The summed E-state index contributed by atoms with van der Waals surface area (Å²) >= 11 is 1.71. The van der Waals surface area contributed by atoms with Crippen molar-refractivity contribution in [1.82, 2.24) is 29.9 Å². The minimum atomic E-state index is 0.589. The number of hydrogen-bond acceptors (Lipinski definition) is 7. The Balaban J connectivity index is 1.08. The van der Waals surface area contributed by atoms with E-state index in [1.165, 1.54) is 0 Å². The van der Waals surface area contributed by atoms with E-state index in [4.69, 9.17) is 36.5 Å². The molecule has 0 spiro atoms. The van der Waals surface area contributed by atoms with Crippen LogP contribution in [0, 0.1) is 6.57 Å². The first kappa shape index (κ1) is 33.8. The zero-order valence-corrected chi connectivity index (χ0v) is 31.1. The molecule has 7 nitrogen and oxygen atoms in total.